The number of nitrogens with zero attached hydrogens (tertiary/aromatic N) is 4. The lowest BCUT2D eigenvalue weighted by Crippen LogP contribution is -2.22. The van der Waals surface area contributed by atoms with Gasteiger partial charge in [0.05, 0.1) is 21.8 Å². The Morgan fingerprint density at radius 1 is 0.500 bits per heavy atom. The fourth-order valence-corrected chi connectivity index (χ4v) is 9.49. The number of rotatable bonds is 12. The van der Waals surface area contributed by atoms with Crippen molar-refractivity contribution < 1.29 is 0 Å². The van der Waals surface area contributed by atoms with Crippen LogP contribution in [0.3, 0.4) is 0 Å². The lowest BCUT2D eigenvalue weighted by molar-refractivity contribution is 0.763. The molecular weight excluding hydrogens is 609 g/mol. The van der Waals surface area contributed by atoms with Crippen LogP contribution in [-0.4, -0.2) is 18.8 Å². The van der Waals surface area contributed by atoms with Crippen LogP contribution in [0.2, 0.25) is 0 Å². The molecule has 8 rings (SSSR count). The first-order chi connectivity index (χ1) is 22.5. The molecule has 0 saturated carbocycles. The summed E-state index contributed by atoms with van der Waals surface area (Å²) in [7, 11) is 0. The zero-order valence-electron chi connectivity index (χ0n) is 27.2. The second-order valence-electron chi connectivity index (χ2n) is 13.0. The van der Waals surface area contributed by atoms with E-state index in [1.807, 2.05) is 8.80 Å². The smallest absolute Gasteiger partial charge is 0.265 e. The van der Waals surface area contributed by atoms with Gasteiger partial charge in [0.25, 0.3) is 11.1 Å². The Kier molecular flexibility index (Phi) is 7.48. The third kappa shape index (κ3) is 4.05. The van der Waals surface area contributed by atoms with E-state index >= 15 is 9.59 Å². The molecule has 0 bridgehead atoms. The third-order valence-electron chi connectivity index (χ3n) is 10.2. The van der Waals surface area contributed by atoms with Crippen molar-refractivity contribution in [3.05, 3.63) is 64.5 Å². The molecule has 0 amide bonds. The predicted molar refractivity (Wildman–Crippen MR) is 197 cm³/mol. The molecule has 2 aromatic carbocycles. The van der Waals surface area contributed by atoms with Crippen LogP contribution in [0.15, 0.2) is 31.1 Å². The number of aryl methyl sites for hydroxylation is 4. The van der Waals surface area contributed by atoms with Gasteiger partial charge in [-0.1, -0.05) is 53.4 Å². The van der Waals surface area contributed by atoms with Crippen LogP contribution in [0.1, 0.15) is 101 Å². The molecule has 0 aliphatic heterocycles. The monoisotopic (exact) mass is 648 g/mol. The van der Waals surface area contributed by atoms with Crippen molar-refractivity contribution in [3.8, 4) is 0 Å². The van der Waals surface area contributed by atoms with E-state index in [4.69, 9.17) is 9.97 Å². The van der Waals surface area contributed by atoms with E-state index in [1.165, 1.54) is 11.1 Å². The van der Waals surface area contributed by atoms with Crippen molar-refractivity contribution in [2.75, 3.05) is 0 Å². The lowest BCUT2D eigenvalue weighted by atomic mass is 9.80. The van der Waals surface area contributed by atoms with Crippen LogP contribution in [0, 0.1) is 0 Å². The fourth-order valence-electron chi connectivity index (χ4n) is 8.04. The summed E-state index contributed by atoms with van der Waals surface area (Å²) in [4.78, 5) is 40.4. The van der Waals surface area contributed by atoms with Crippen LogP contribution in [-0.2, 0) is 25.7 Å². The summed E-state index contributed by atoms with van der Waals surface area (Å²) in [6, 6.07) is 0. The number of pyridine rings is 2. The van der Waals surface area contributed by atoms with Gasteiger partial charge < -0.3 is 0 Å². The second kappa shape index (κ2) is 11.6. The van der Waals surface area contributed by atoms with E-state index in [9.17, 15) is 0 Å². The molecule has 8 aromatic rings. The Bertz CT molecular complexity index is 2360. The van der Waals surface area contributed by atoms with Gasteiger partial charge >= 0.3 is 0 Å². The number of benzene rings is 2. The first-order valence-corrected chi connectivity index (χ1v) is 19.1. The van der Waals surface area contributed by atoms with E-state index in [0.717, 1.165) is 154 Å². The van der Waals surface area contributed by atoms with Crippen LogP contribution in [0.25, 0.3) is 65.7 Å². The average Bonchev–Trinajstić information content (AvgIpc) is 3.84. The minimum atomic E-state index is 0.00873. The highest BCUT2D eigenvalue weighted by atomic mass is 32.1. The summed E-state index contributed by atoms with van der Waals surface area (Å²) < 4.78 is 3.81. The quantitative estimate of drug-likeness (QED) is 0.124. The zero-order valence-corrected chi connectivity index (χ0v) is 28.8. The lowest BCUT2D eigenvalue weighted by Gasteiger charge is -2.24. The minimum Gasteiger partial charge on any atom is -0.268 e. The summed E-state index contributed by atoms with van der Waals surface area (Å²) in [5.74, 6) is 0. The normalized spacial score (nSPS) is 12.7. The summed E-state index contributed by atoms with van der Waals surface area (Å²) >= 11 is 3.19. The molecule has 6 nitrogen and oxygen atoms in total. The van der Waals surface area contributed by atoms with Gasteiger partial charge in [0.1, 0.15) is 22.3 Å². The molecule has 0 unspecified atom stereocenters. The molecule has 0 aliphatic carbocycles. The first kappa shape index (κ1) is 29.8. The molecule has 6 heterocycles. The number of imidazole rings is 2. The number of aromatic nitrogens is 4. The third-order valence-corrected chi connectivity index (χ3v) is 11.6. The molecule has 236 valence electrons. The second-order valence-corrected chi connectivity index (χ2v) is 14.5. The van der Waals surface area contributed by atoms with Gasteiger partial charge in [-0.05, 0) is 73.6 Å². The van der Waals surface area contributed by atoms with E-state index < -0.39 is 0 Å². The maximum absolute atomic E-state index is 15.0. The fraction of sp³-hybridized carbons (Fsp3) is 0.421. The van der Waals surface area contributed by atoms with E-state index in [1.54, 1.807) is 22.7 Å². The largest absolute Gasteiger partial charge is 0.268 e. The van der Waals surface area contributed by atoms with Gasteiger partial charge in [-0.15, -0.1) is 22.7 Å². The van der Waals surface area contributed by atoms with Crippen molar-refractivity contribution >= 4 is 88.4 Å². The molecule has 0 saturated heterocycles. The van der Waals surface area contributed by atoms with Crippen molar-refractivity contribution in [2.45, 2.75) is 105 Å². The van der Waals surface area contributed by atoms with Crippen molar-refractivity contribution in [1.29, 1.82) is 0 Å². The number of hydrogen-bond donors (Lipinski definition) is 0. The Morgan fingerprint density at radius 3 is 1.20 bits per heavy atom. The highest BCUT2D eigenvalue weighted by molar-refractivity contribution is 7.09. The number of thiophene rings is 2. The SMILES string of the molecule is CCCCc1c(CCCC)c2c3c(c(CCCC)c(CCCC)c4c3c1c(=O)n1c3cscc3nc41)c(=O)n1c3cscc3nc21. The summed E-state index contributed by atoms with van der Waals surface area (Å²) in [5, 5.41) is 14.0. The maximum atomic E-state index is 15.0. The molecule has 8 heteroatoms. The Balaban J connectivity index is 1.76. The number of hydrogen-bond acceptors (Lipinski definition) is 6. The van der Waals surface area contributed by atoms with Gasteiger partial charge in [0.2, 0.25) is 0 Å². The van der Waals surface area contributed by atoms with E-state index in [0.29, 0.717) is 0 Å². The number of fused-ring (bicyclic) bond motifs is 8. The molecule has 0 spiro atoms. The van der Waals surface area contributed by atoms with E-state index in [2.05, 4.69) is 49.2 Å². The molecule has 0 N–H and O–H groups in total. The van der Waals surface area contributed by atoms with Crippen molar-refractivity contribution in [1.82, 2.24) is 18.8 Å². The molecule has 46 heavy (non-hydrogen) atoms. The summed E-state index contributed by atoms with van der Waals surface area (Å²) in [5.41, 5.74) is 9.80. The number of unbranched alkanes of at least 4 members (excludes halogenated alkanes) is 4. The van der Waals surface area contributed by atoms with Crippen LogP contribution >= 0.6 is 22.7 Å². The van der Waals surface area contributed by atoms with Crippen LogP contribution in [0.4, 0.5) is 0 Å². The predicted octanol–water partition coefficient (Wildman–Crippen LogP) is 9.84. The van der Waals surface area contributed by atoms with Crippen molar-refractivity contribution in [2.24, 2.45) is 0 Å². The highest BCUT2D eigenvalue weighted by Gasteiger charge is 2.31. The topological polar surface area (TPSA) is 68.7 Å². The van der Waals surface area contributed by atoms with Gasteiger partial charge in [-0.3, -0.25) is 18.4 Å². The average molecular weight is 649 g/mol. The molecule has 0 atom stereocenters. The summed E-state index contributed by atoms with van der Waals surface area (Å²) in [6.45, 7) is 8.90. The summed E-state index contributed by atoms with van der Waals surface area (Å²) in [6.07, 6.45) is 11.6. The van der Waals surface area contributed by atoms with Gasteiger partial charge in [0.15, 0.2) is 0 Å². The first-order valence-electron chi connectivity index (χ1n) is 17.2. The van der Waals surface area contributed by atoms with Gasteiger partial charge in [0, 0.05) is 43.1 Å². The van der Waals surface area contributed by atoms with Crippen molar-refractivity contribution in [3.63, 3.8) is 0 Å². The molecular formula is C38H40N4O2S2. The standard InChI is InChI=1S/C38H40N4O2S2/c1-5-9-13-21-23(15-11-7-3)31-34-30(36-40-26-18-46-20-28(26)42(36)37(31)43)22(14-10-6-2)24(16-12-8-4)32-33(34)29(21)35-39-25-17-45-19-27(25)41(35)38(32)44/h17-20H,5-16H2,1-4H3. The van der Waals surface area contributed by atoms with Gasteiger partial charge in [-0.25, -0.2) is 9.97 Å². The molecule has 6 aromatic heterocycles. The Hall–Kier alpha value is -3.62. The molecule has 0 fully saturated rings. The Labute approximate surface area is 275 Å². The molecule has 0 radical (unpaired) electrons. The Morgan fingerprint density at radius 2 is 0.848 bits per heavy atom. The van der Waals surface area contributed by atoms with Gasteiger partial charge in [-0.2, -0.15) is 0 Å². The van der Waals surface area contributed by atoms with Crippen LogP contribution in [0.5, 0.6) is 0 Å². The molecule has 0 aliphatic rings. The zero-order chi connectivity index (χ0) is 31.7. The van der Waals surface area contributed by atoms with E-state index in [-0.39, 0.29) is 11.1 Å². The minimum absolute atomic E-state index is 0.00873. The highest BCUT2D eigenvalue weighted by Crippen LogP contribution is 2.46. The maximum Gasteiger partial charge on any atom is 0.265 e. The van der Waals surface area contributed by atoms with Crippen LogP contribution < -0.4 is 11.1 Å².